The minimum atomic E-state index is -0.310. The smallest absolute Gasteiger partial charge is 0.319 e. The Morgan fingerprint density at radius 1 is 1.26 bits per heavy atom. The standard InChI is InChI=1S/C16H21N5O2/c1-4-23-15-12(6-5-9-17-15)10-19-16(22)20-13-7-8-14(18-11-13)21(2)3/h5-9,11H,4,10H2,1-3H3,(H2,19,20,22). The number of anilines is 2. The summed E-state index contributed by atoms with van der Waals surface area (Å²) in [5, 5.41) is 5.51. The van der Waals surface area contributed by atoms with Crippen LogP contribution in [0.15, 0.2) is 36.7 Å². The summed E-state index contributed by atoms with van der Waals surface area (Å²) >= 11 is 0. The third-order valence-electron chi connectivity index (χ3n) is 3.03. The zero-order valence-electron chi connectivity index (χ0n) is 13.5. The van der Waals surface area contributed by atoms with Crippen molar-refractivity contribution in [1.82, 2.24) is 15.3 Å². The van der Waals surface area contributed by atoms with Gasteiger partial charge in [-0.3, -0.25) is 0 Å². The van der Waals surface area contributed by atoms with Gasteiger partial charge in [-0.1, -0.05) is 6.07 Å². The largest absolute Gasteiger partial charge is 0.478 e. The lowest BCUT2D eigenvalue weighted by Crippen LogP contribution is -2.28. The van der Waals surface area contributed by atoms with Gasteiger partial charge in [0.25, 0.3) is 0 Å². The van der Waals surface area contributed by atoms with E-state index in [1.165, 1.54) is 0 Å². The van der Waals surface area contributed by atoms with E-state index in [1.807, 2.05) is 38.1 Å². The average Bonchev–Trinajstić information content (AvgIpc) is 2.55. The molecule has 122 valence electrons. The topological polar surface area (TPSA) is 79.4 Å². The monoisotopic (exact) mass is 315 g/mol. The fourth-order valence-corrected chi connectivity index (χ4v) is 1.90. The number of hydrogen-bond donors (Lipinski definition) is 2. The quantitative estimate of drug-likeness (QED) is 0.855. The van der Waals surface area contributed by atoms with Crippen LogP contribution in [0.25, 0.3) is 0 Å². The molecule has 2 amide bonds. The van der Waals surface area contributed by atoms with Crippen LogP contribution < -0.4 is 20.3 Å². The molecule has 0 spiro atoms. The van der Waals surface area contributed by atoms with Crippen LogP contribution in [-0.4, -0.2) is 36.7 Å². The van der Waals surface area contributed by atoms with E-state index in [-0.39, 0.29) is 6.03 Å². The summed E-state index contributed by atoms with van der Waals surface area (Å²) in [6.45, 7) is 2.75. The van der Waals surface area contributed by atoms with Gasteiger partial charge in [-0.25, -0.2) is 14.8 Å². The van der Waals surface area contributed by atoms with Crippen molar-refractivity contribution in [3.05, 3.63) is 42.2 Å². The van der Waals surface area contributed by atoms with Crippen molar-refractivity contribution < 1.29 is 9.53 Å². The molecule has 7 heteroatoms. The third kappa shape index (κ3) is 4.84. The molecular weight excluding hydrogens is 294 g/mol. The van der Waals surface area contributed by atoms with Crippen molar-refractivity contribution in [2.75, 3.05) is 30.9 Å². The van der Waals surface area contributed by atoms with Crippen molar-refractivity contribution >= 4 is 17.5 Å². The Morgan fingerprint density at radius 2 is 2.09 bits per heavy atom. The molecule has 0 aliphatic carbocycles. The fourth-order valence-electron chi connectivity index (χ4n) is 1.90. The van der Waals surface area contributed by atoms with Crippen molar-refractivity contribution in [3.8, 4) is 5.88 Å². The van der Waals surface area contributed by atoms with Crippen LogP contribution in [0.1, 0.15) is 12.5 Å². The van der Waals surface area contributed by atoms with Gasteiger partial charge < -0.3 is 20.3 Å². The van der Waals surface area contributed by atoms with Crippen LogP contribution in [0.4, 0.5) is 16.3 Å². The maximum absolute atomic E-state index is 12.0. The Kier molecular flexibility index (Phi) is 5.74. The van der Waals surface area contributed by atoms with E-state index in [9.17, 15) is 4.79 Å². The molecule has 2 heterocycles. The molecule has 0 atom stereocenters. The number of carbonyl (C=O) groups is 1. The summed E-state index contributed by atoms with van der Waals surface area (Å²) in [5.41, 5.74) is 1.45. The maximum atomic E-state index is 12.0. The zero-order chi connectivity index (χ0) is 16.7. The van der Waals surface area contributed by atoms with Crippen LogP contribution in [0, 0.1) is 0 Å². The lowest BCUT2D eigenvalue weighted by molar-refractivity contribution is 0.251. The summed E-state index contributed by atoms with van der Waals surface area (Å²) in [6, 6.07) is 7.00. The number of nitrogens with zero attached hydrogens (tertiary/aromatic N) is 3. The highest BCUT2D eigenvalue weighted by Gasteiger charge is 2.07. The maximum Gasteiger partial charge on any atom is 0.319 e. The highest BCUT2D eigenvalue weighted by atomic mass is 16.5. The molecule has 0 fully saturated rings. The second-order valence-corrected chi connectivity index (χ2v) is 5.01. The SMILES string of the molecule is CCOc1ncccc1CNC(=O)Nc1ccc(N(C)C)nc1. The summed E-state index contributed by atoms with van der Waals surface area (Å²) in [5.74, 6) is 1.36. The molecule has 2 rings (SSSR count). The number of rotatable bonds is 6. The van der Waals surface area contributed by atoms with Crippen molar-refractivity contribution in [1.29, 1.82) is 0 Å². The van der Waals surface area contributed by atoms with Gasteiger partial charge in [0.15, 0.2) is 0 Å². The van der Waals surface area contributed by atoms with Crippen LogP contribution >= 0.6 is 0 Å². The van der Waals surface area contributed by atoms with E-state index in [1.54, 1.807) is 24.5 Å². The van der Waals surface area contributed by atoms with E-state index in [0.29, 0.717) is 24.7 Å². The Morgan fingerprint density at radius 3 is 2.74 bits per heavy atom. The minimum absolute atomic E-state index is 0.310. The van der Waals surface area contributed by atoms with Gasteiger partial charge in [-0.15, -0.1) is 0 Å². The number of nitrogens with one attached hydrogen (secondary N) is 2. The third-order valence-corrected chi connectivity index (χ3v) is 3.03. The molecule has 0 saturated heterocycles. The summed E-state index contributed by atoms with van der Waals surface area (Å²) in [4.78, 5) is 22.2. The van der Waals surface area contributed by atoms with Crippen LogP contribution in [0.5, 0.6) is 5.88 Å². The fraction of sp³-hybridized carbons (Fsp3) is 0.312. The zero-order valence-corrected chi connectivity index (χ0v) is 13.5. The first-order valence-corrected chi connectivity index (χ1v) is 7.35. The molecule has 23 heavy (non-hydrogen) atoms. The Balaban J connectivity index is 1.90. The molecule has 2 N–H and O–H groups in total. The number of aromatic nitrogens is 2. The van der Waals surface area contributed by atoms with Crippen molar-refractivity contribution in [3.63, 3.8) is 0 Å². The molecule has 0 unspecified atom stereocenters. The molecule has 0 aromatic carbocycles. The number of amides is 2. The van der Waals surface area contributed by atoms with Gasteiger partial charge in [0.2, 0.25) is 5.88 Å². The van der Waals surface area contributed by atoms with E-state index in [4.69, 9.17) is 4.74 Å². The van der Waals surface area contributed by atoms with E-state index in [0.717, 1.165) is 11.4 Å². The second-order valence-electron chi connectivity index (χ2n) is 5.01. The van der Waals surface area contributed by atoms with E-state index >= 15 is 0 Å². The van der Waals surface area contributed by atoms with E-state index < -0.39 is 0 Å². The molecule has 2 aromatic heterocycles. The van der Waals surface area contributed by atoms with E-state index in [2.05, 4.69) is 20.6 Å². The minimum Gasteiger partial charge on any atom is -0.478 e. The summed E-state index contributed by atoms with van der Waals surface area (Å²) in [6.07, 6.45) is 3.27. The van der Waals surface area contributed by atoms with Crippen molar-refractivity contribution in [2.45, 2.75) is 13.5 Å². The van der Waals surface area contributed by atoms with Crippen LogP contribution in [0.2, 0.25) is 0 Å². The Hall–Kier alpha value is -2.83. The molecular formula is C16H21N5O2. The number of ether oxygens (including phenoxy) is 1. The first-order valence-electron chi connectivity index (χ1n) is 7.35. The molecule has 2 aromatic rings. The molecule has 0 bridgehead atoms. The Labute approximate surface area is 135 Å². The first-order chi connectivity index (χ1) is 11.1. The molecule has 7 nitrogen and oxygen atoms in total. The average molecular weight is 315 g/mol. The van der Waals surface area contributed by atoms with Crippen LogP contribution in [-0.2, 0) is 6.54 Å². The Bertz CT molecular complexity index is 643. The van der Waals surface area contributed by atoms with Gasteiger partial charge >= 0.3 is 6.03 Å². The second kappa shape index (κ2) is 7.98. The van der Waals surface area contributed by atoms with Gasteiger partial charge in [0, 0.05) is 32.4 Å². The summed E-state index contributed by atoms with van der Waals surface area (Å²) < 4.78 is 5.43. The first kappa shape index (κ1) is 16.5. The summed E-state index contributed by atoms with van der Waals surface area (Å²) in [7, 11) is 3.82. The van der Waals surface area contributed by atoms with Crippen LogP contribution in [0.3, 0.4) is 0 Å². The molecule has 0 radical (unpaired) electrons. The van der Waals surface area contributed by atoms with Gasteiger partial charge in [0.05, 0.1) is 18.5 Å². The highest BCUT2D eigenvalue weighted by molar-refractivity contribution is 5.89. The number of carbonyl (C=O) groups excluding carboxylic acids is 1. The predicted octanol–water partition coefficient (Wildman–Crippen LogP) is 2.26. The normalized spacial score (nSPS) is 10.0. The lowest BCUT2D eigenvalue weighted by atomic mass is 10.2. The van der Waals surface area contributed by atoms with Gasteiger partial charge in [0.1, 0.15) is 5.82 Å². The van der Waals surface area contributed by atoms with Crippen molar-refractivity contribution in [2.24, 2.45) is 0 Å². The van der Waals surface area contributed by atoms with Gasteiger partial charge in [-0.05, 0) is 25.1 Å². The highest BCUT2D eigenvalue weighted by Crippen LogP contribution is 2.14. The molecule has 0 aliphatic rings. The lowest BCUT2D eigenvalue weighted by Gasteiger charge is -2.12. The molecule has 0 saturated carbocycles. The predicted molar refractivity (Wildman–Crippen MR) is 89.8 cm³/mol. The van der Waals surface area contributed by atoms with Gasteiger partial charge in [-0.2, -0.15) is 0 Å². The number of hydrogen-bond acceptors (Lipinski definition) is 5. The number of urea groups is 1. The number of pyridine rings is 2. The molecule has 0 aliphatic heterocycles.